The molecule has 1 atom stereocenters. The van der Waals surface area contributed by atoms with E-state index in [0.29, 0.717) is 47.3 Å². The standard InChI is InChI=1S/C15H12ClNO2.C15H23NO2/c1-10(19)14-8-12(4-7-15(14)17-9-18)11-2-5-13(16)6-3-11;1-4-10-16(11-12(2)3)15(18)14(17)13-8-6-5-7-9-13/h2-9H,1H3,(H,17,18);5-9,12,14,17H,4,10-11H2,1-3H3. The van der Waals surface area contributed by atoms with Crippen LogP contribution in [0.15, 0.2) is 72.8 Å². The predicted molar refractivity (Wildman–Crippen MR) is 150 cm³/mol. The third kappa shape index (κ3) is 9.16. The first-order valence-electron chi connectivity index (χ1n) is 12.3. The van der Waals surface area contributed by atoms with Gasteiger partial charge in [0.15, 0.2) is 11.9 Å². The van der Waals surface area contributed by atoms with Crippen molar-refractivity contribution in [3.63, 3.8) is 0 Å². The molecule has 0 heterocycles. The van der Waals surface area contributed by atoms with E-state index in [1.807, 2.05) is 43.3 Å². The minimum atomic E-state index is -1.04. The minimum Gasteiger partial charge on any atom is -0.378 e. The summed E-state index contributed by atoms with van der Waals surface area (Å²) in [4.78, 5) is 36.1. The number of Topliss-reactive ketones (excluding diaryl/α,β-unsaturated/α-hetero) is 1. The second-order valence-corrected chi connectivity index (χ2v) is 9.51. The SMILES string of the molecule is CC(=O)c1cc(-c2ccc(Cl)cc2)ccc1NC=O.CCCN(CC(C)C)C(=O)C(O)c1ccccc1. The quantitative estimate of drug-likeness (QED) is 0.238. The Morgan fingerprint density at radius 3 is 2.16 bits per heavy atom. The van der Waals surface area contributed by atoms with E-state index in [2.05, 4.69) is 19.2 Å². The number of aliphatic hydroxyl groups is 1. The highest BCUT2D eigenvalue weighted by atomic mass is 35.5. The van der Waals surface area contributed by atoms with Gasteiger partial charge in [0.25, 0.3) is 5.91 Å². The molecule has 3 aromatic rings. The lowest BCUT2D eigenvalue weighted by Gasteiger charge is -2.26. The molecule has 3 rings (SSSR count). The Labute approximate surface area is 224 Å². The number of hydrogen-bond donors (Lipinski definition) is 2. The van der Waals surface area contributed by atoms with Gasteiger partial charge in [0.2, 0.25) is 6.41 Å². The summed E-state index contributed by atoms with van der Waals surface area (Å²) in [6.07, 6.45) is 0.417. The maximum atomic E-state index is 12.2. The topological polar surface area (TPSA) is 86.7 Å². The highest BCUT2D eigenvalue weighted by Gasteiger charge is 2.23. The van der Waals surface area contributed by atoms with E-state index >= 15 is 0 Å². The fourth-order valence-corrected chi connectivity index (χ4v) is 3.93. The average molecular weight is 523 g/mol. The summed E-state index contributed by atoms with van der Waals surface area (Å²) in [5.41, 5.74) is 3.52. The van der Waals surface area contributed by atoms with Crippen LogP contribution in [0.1, 0.15) is 56.1 Å². The Kier molecular flexibility index (Phi) is 12.0. The number of carbonyl (C=O) groups excluding carboxylic acids is 3. The van der Waals surface area contributed by atoms with Crippen molar-refractivity contribution in [3.05, 3.63) is 88.9 Å². The van der Waals surface area contributed by atoms with E-state index in [0.717, 1.165) is 17.5 Å². The number of halogens is 1. The lowest BCUT2D eigenvalue weighted by molar-refractivity contribution is -0.141. The third-order valence-corrected chi connectivity index (χ3v) is 5.78. The minimum absolute atomic E-state index is 0.0971. The molecular formula is C30H35ClN2O4. The summed E-state index contributed by atoms with van der Waals surface area (Å²) in [7, 11) is 0. The van der Waals surface area contributed by atoms with Gasteiger partial charge in [-0.15, -0.1) is 0 Å². The van der Waals surface area contributed by atoms with E-state index in [4.69, 9.17) is 11.6 Å². The second kappa shape index (κ2) is 14.9. The zero-order valence-corrected chi connectivity index (χ0v) is 22.5. The molecule has 0 aliphatic heterocycles. The van der Waals surface area contributed by atoms with Gasteiger partial charge in [0.1, 0.15) is 0 Å². The van der Waals surface area contributed by atoms with Crippen molar-refractivity contribution in [1.29, 1.82) is 0 Å². The number of nitrogens with zero attached hydrogens (tertiary/aromatic N) is 1. The summed E-state index contributed by atoms with van der Waals surface area (Å²) in [5, 5.41) is 13.3. The summed E-state index contributed by atoms with van der Waals surface area (Å²) >= 11 is 5.84. The molecule has 0 bridgehead atoms. The van der Waals surface area contributed by atoms with Crippen LogP contribution in [0.5, 0.6) is 0 Å². The van der Waals surface area contributed by atoms with E-state index in [1.54, 1.807) is 41.3 Å². The van der Waals surface area contributed by atoms with Crippen molar-refractivity contribution < 1.29 is 19.5 Å². The van der Waals surface area contributed by atoms with E-state index in [9.17, 15) is 19.5 Å². The van der Waals surface area contributed by atoms with Crippen LogP contribution in [0.3, 0.4) is 0 Å². The van der Waals surface area contributed by atoms with Crippen LogP contribution in [0.2, 0.25) is 5.02 Å². The van der Waals surface area contributed by atoms with Crippen molar-refractivity contribution in [2.24, 2.45) is 5.92 Å². The van der Waals surface area contributed by atoms with Gasteiger partial charge in [-0.25, -0.2) is 0 Å². The average Bonchev–Trinajstić information content (AvgIpc) is 2.89. The highest BCUT2D eigenvalue weighted by Crippen LogP contribution is 2.26. The molecule has 0 fully saturated rings. The molecule has 196 valence electrons. The fraction of sp³-hybridized carbons (Fsp3) is 0.300. The Bertz CT molecular complexity index is 1160. The van der Waals surface area contributed by atoms with Gasteiger partial charge in [-0.3, -0.25) is 14.4 Å². The van der Waals surface area contributed by atoms with Gasteiger partial charge in [0, 0.05) is 23.7 Å². The van der Waals surface area contributed by atoms with Crippen LogP contribution in [0, 0.1) is 5.92 Å². The molecule has 0 aromatic heterocycles. The third-order valence-electron chi connectivity index (χ3n) is 5.53. The fourth-order valence-electron chi connectivity index (χ4n) is 3.80. The monoisotopic (exact) mass is 522 g/mol. The zero-order valence-electron chi connectivity index (χ0n) is 21.8. The van der Waals surface area contributed by atoms with Crippen molar-refractivity contribution in [1.82, 2.24) is 4.90 Å². The lowest BCUT2D eigenvalue weighted by Crippen LogP contribution is -2.38. The molecule has 0 spiro atoms. The van der Waals surface area contributed by atoms with E-state index < -0.39 is 6.10 Å². The number of carbonyl (C=O) groups is 3. The van der Waals surface area contributed by atoms with Gasteiger partial charge in [-0.1, -0.05) is 80.9 Å². The van der Waals surface area contributed by atoms with Gasteiger partial charge in [-0.2, -0.15) is 0 Å². The van der Waals surface area contributed by atoms with Gasteiger partial charge in [0.05, 0.1) is 5.69 Å². The Morgan fingerprint density at radius 1 is 1.00 bits per heavy atom. The van der Waals surface area contributed by atoms with E-state index in [1.165, 1.54) is 6.92 Å². The molecule has 0 radical (unpaired) electrons. The van der Waals surface area contributed by atoms with Crippen molar-refractivity contribution in [3.8, 4) is 11.1 Å². The molecule has 0 saturated carbocycles. The second-order valence-electron chi connectivity index (χ2n) is 9.08. The number of benzene rings is 3. The number of nitrogens with one attached hydrogen (secondary N) is 1. The van der Waals surface area contributed by atoms with Crippen LogP contribution < -0.4 is 5.32 Å². The molecular weight excluding hydrogens is 488 g/mol. The maximum absolute atomic E-state index is 12.2. The molecule has 0 aliphatic carbocycles. The molecule has 2 amide bonds. The van der Waals surface area contributed by atoms with Crippen molar-refractivity contribution in [2.75, 3.05) is 18.4 Å². The van der Waals surface area contributed by atoms with Crippen molar-refractivity contribution >= 4 is 35.4 Å². The normalized spacial score (nSPS) is 11.2. The number of rotatable bonds is 10. The van der Waals surface area contributed by atoms with Crippen LogP contribution in [-0.4, -0.2) is 41.2 Å². The summed E-state index contributed by atoms with van der Waals surface area (Å²) in [5.74, 6) is 0.111. The number of anilines is 1. The van der Waals surface area contributed by atoms with Gasteiger partial charge < -0.3 is 15.3 Å². The van der Waals surface area contributed by atoms with Gasteiger partial charge >= 0.3 is 0 Å². The molecule has 0 aliphatic rings. The smallest absolute Gasteiger partial charge is 0.256 e. The van der Waals surface area contributed by atoms with Crippen LogP contribution >= 0.6 is 11.6 Å². The maximum Gasteiger partial charge on any atom is 0.256 e. The number of hydrogen-bond acceptors (Lipinski definition) is 4. The first-order valence-corrected chi connectivity index (χ1v) is 12.7. The molecule has 7 heteroatoms. The summed E-state index contributed by atoms with van der Waals surface area (Å²) < 4.78 is 0. The largest absolute Gasteiger partial charge is 0.378 e. The number of aliphatic hydroxyl groups excluding tert-OH is 1. The molecule has 0 saturated heterocycles. The first-order chi connectivity index (χ1) is 17.7. The molecule has 37 heavy (non-hydrogen) atoms. The Hall–Kier alpha value is -3.48. The molecule has 2 N–H and O–H groups in total. The van der Waals surface area contributed by atoms with Crippen LogP contribution in [-0.2, 0) is 9.59 Å². The molecule has 6 nitrogen and oxygen atoms in total. The summed E-state index contributed by atoms with van der Waals surface area (Å²) in [6.45, 7) is 9.04. The number of ketones is 1. The lowest BCUT2D eigenvalue weighted by atomic mass is 10.00. The van der Waals surface area contributed by atoms with Crippen molar-refractivity contribution in [2.45, 2.75) is 40.2 Å². The van der Waals surface area contributed by atoms with E-state index in [-0.39, 0.29) is 11.7 Å². The highest BCUT2D eigenvalue weighted by molar-refractivity contribution is 6.30. The Morgan fingerprint density at radius 2 is 1.62 bits per heavy atom. The predicted octanol–water partition coefficient (Wildman–Crippen LogP) is 6.39. The van der Waals surface area contributed by atoms with Gasteiger partial charge in [-0.05, 0) is 60.2 Å². The first kappa shape index (κ1) is 29.7. The molecule has 3 aromatic carbocycles. The summed E-state index contributed by atoms with van der Waals surface area (Å²) in [6, 6.07) is 21.8. The zero-order chi connectivity index (χ0) is 27.4. The van der Waals surface area contributed by atoms with Crippen LogP contribution in [0.4, 0.5) is 5.69 Å². The Balaban J connectivity index is 0.000000261. The van der Waals surface area contributed by atoms with Crippen LogP contribution in [0.25, 0.3) is 11.1 Å². The number of amides is 2. The molecule has 1 unspecified atom stereocenters.